The Balaban J connectivity index is 2.42. The van der Waals surface area contributed by atoms with Crippen molar-refractivity contribution in [3.05, 3.63) is 0 Å². The minimum absolute atomic E-state index is 0.158. The minimum atomic E-state index is -0.692. The molecule has 0 aromatic rings. The molecule has 1 saturated carbocycles. The van der Waals surface area contributed by atoms with E-state index in [4.69, 9.17) is 5.11 Å². The number of aliphatic carboxylic acids is 1. The topological polar surface area (TPSA) is 40.5 Å². The van der Waals surface area contributed by atoms with Crippen LogP contribution >= 0.6 is 0 Å². The van der Waals surface area contributed by atoms with Crippen LogP contribution in [-0.2, 0) is 4.79 Å². The molecule has 0 radical (unpaired) electrons. The maximum absolute atomic E-state index is 10.6. The third-order valence-corrected chi connectivity index (χ3v) is 3.57. The van der Waals surface area contributed by atoms with Crippen LogP contribution in [0, 0.1) is 0 Å². The van der Waals surface area contributed by atoms with Gasteiger partial charge in [0, 0.05) is 12.1 Å². The molecule has 3 nitrogen and oxygen atoms in total. The molecule has 1 N–H and O–H groups in total. The van der Waals surface area contributed by atoms with Crippen LogP contribution in [0.4, 0.5) is 0 Å². The second-order valence-electron chi connectivity index (χ2n) is 4.76. The highest BCUT2D eigenvalue weighted by Gasteiger charge is 2.22. The highest BCUT2D eigenvalue weighted by atomic mass is 16.4. The Hall–Kier alpha value is -0.570. The number of carboxylic acid groups (broad SMARTS) is 1. The van der Waals surface area contributed by atoms with Crippen molar-refractivity contribution in [1.29, 1.82) is 0 Å². The summed E-state index contributed by atoms with van der Waals surface area (Å²) in [6.07, 6.45) is 8.02. The standard InChI is InChI=1S/C12H23NO2/c1-10(9-12(14)15)13(2)11-7-5-3-4-6-8-11/h10-11H,3-9H2,1-2H3,(H,14,15). The van der Waals surface area contributed by atoms with Crippen LogP contribution in [0.5, 0.6) is 0 Å². The number of carboxylic acids is 1. The van der Waals surface area contributed by atoms with E-state index in [-0.39, 0.29) is 12.5 Å². The third kappa shape index (κ3) is 4.20. The predicted octanol–water partition coefficient (Wildman–Crippen LogP) is 2.50. The monoisotopic (exact) mass is 213 g/mol. The second kappa shape index (κ2) is 6.11. The molecule has 88 valence electrons. The maximum Gasteiger partial charge on any atom is 0.304 e. The zero-order valence-corrected chi connectivity index (χ0v) is 9.91. The van der Waals surface area contributed by atoms with Crippen LogP contribution in [-0.4, -0.2) is 35.1 Å². The summed E-state index contributed by atoms with van der Waals surface area (Å²) in [5.74, 6) is -0.692. The smallest absolute Gasteiger partial charge is 0.304 e. The van der Waals surface area contributed by atoms with E-state index in [9.17, 15) is 4.79 Å². The van der Waals surface area contributed by atoms with Crippen molar-refractivity contribution in [2.75, 3.05) is 7.05 Å². The highest BCUT2D eigenvalue weighted by molar-refractivity contribution is 5.67. The van der Waals surface area contributed by atoms with Gasteiger partial charge in [0.15, 0.2) is 0 Å². The summed E-state index contributed by atoms with van der Waals surface area (Å²) in [5.41, 5.74) is 0. The Morgan fingerprint density at radius 2 is 1.87 bits per heavy atom. The van der Waals surface area contributed by atoms with E-state index in [1.807, 2.05) is 6.92 Å². The first-order valence-corrected chi connectivity index (χ1v) is 6.05. The van der Waals surface area contributed by atoms with Crippen molar-refractivity contribution in [2.45, 2.75) is 64.0 Å². The molecule has 0 bridgehead atoms. The van der Waals surface area contributed by atoms with E-state index < -0.39 is 5.97 Å². The van der Waals surface area contributed by atoms with Crippen LogP contribution < -0.4 is 0 Å². The zero-order chi connectivity index (χ0) is 11.3. The molecule has 0 aromatic carbocycles. The fourth-order valence-corrected chi connectivity index (χ4v) is 2.42. The molecule has 0 aromatic heterocycles. The number of rotatable bonds is 4. The molecule has 15 heavy (non-hydrogen) atoms. The van der Waals surface area contributed by atoms with Crippen molar-refractivity contribution in [3.63, 3.8) is 0 Å². The Bertz CT molecular complexity index is 198. The maximum atomic E-state index is 10.6. The van der Waals surface area contributed by atoms with Crippen molar-refractivity contribution in [3.8, 4) is 0 Å². The average Bonchev–Trinajstić information content (AvgIpc) is 2.43. The van der Waals surface area contributed by atoms with E-state index in [1.165, 1.54) is 38.5 Å². The molecule has 1 atom stereocenters. The summed E-state index contributed by atoms with van der Waals surface area (Å²) in [6, 6.07) is 0.757. The zero-order valence-electron chi connectivity index (χ0n) is 9.91. The lowest BCUT2D eigenvalue weighted by molar-refractivity contribution is -0.138. The van der Waals surface area contributed by atoms with Crippen molar-refractivity contribution in [1.82, 2.24) is 4.90 Å². The quantitative estimate of drug-likeness (QED) is 0.729. The Labute approximate surface area is 92.5 Å². The van der Waals surface area contributed by atoms with Gasteiger partial charge < -0.3 is 10.0 Å². The van der Waals surface area contributed by atoms with Gasteiger partial charge in [-0.2, -0.15) is 0 Å². The Morgan fingerprint density at radius 1 is 1.33 bits per heavy atom. The van der Waals surface area contributed by atoms with Gasteiger partial charge in [0.1, 0.15) is 0 Å². The number of nitrogens with zero attached hydrogens (tertiary/aromatic N) is 1. The minimum Gasteiger partial charge on any atom is -0.481 e. The van der Waals surface area contributed by atoms with E-state index in [2.05, 4.69) is 11.9 Å². The molecule has 1 aliphatic carbocycles. The Kier molecular flexibility index (Phi) is 5.09. The first-order valence-electron chi connectivity index (χ1n) is 6.05. The van der Waals surface area contributed by atoms with Crippen molar-refractivity contribution < 1.29 is 9.90 Å². The van der Waals surface area contributed by atoms with E-state index in [1.54, 1.807) is 0 Å². The molecule has 3 heteroatoms. The number of hydrogen-bond acceptors (Lipinski definition) is 2. The first-order chi connectivity index (χ1) is 7.11. The number of hydrogen-bond donors (Lipinski definition) is 1. The molecule has 0 saturated heterocycles. The van der Waals surface area contributed by atoms with Gasteiger partial charge >= 0.3 is 5.97 Å². The van der Waals surface area contributed by atoms with Crippen LogP contribution in [0.3, 0.4) is 0 Å². The highest BCUT2D eigenvalue weighted by Crippen LogP contribution is 2.22. The summed E-state index contributed by atoms with van der Waals surface area (Å²) in [7, 11) is 2.07. The summed E-state index contributed by atoms with van der Waals surface area (Å²) < 4.78 is 0. The molecule has 0 amide bonds. The van der Waals surface area contributed by atoms with Gasteiger partial charge in [-0.25, -0.2) is 0 Å². The van der Waals surface area contributed by atoms with Crippen LogP contribution in [0.15, 0.2) is 0 Å². The van der Waals surface area contributed by atoms with Crippen LogP contribution in [0.25, 0.3) is 0 Å². The molecule has 1 rings (SSSR count). The van der Waals surface area contributed by atoms with E-state index in [0.29, 0.717) is 6.04 Å². The normalized spacial score (nSPS) is 21.3. The number of carbonyl (C=O) groups is 1. The largest absolute Gasteiger partial charge is 0.481 e. The van der Waals surface area contributed by atoms with Gasteiger partial charge in [0.2, 0.25) is 0 Å². The Morgan fingerprint density at radius 3 is 2.33 bits per heavy atom. The van der Waals surface area contributed by atoms with Gasteiger partial charge in [-0.1, -0.05) is 25.7 Å². The van der Waals surface area contributed by atoms with Gasteiger partial charge in [-0.15, -0.1) is 0 Å². The lowest BCUT2D eigenvalue weighted by Crippen LogP contribution is -2.39. The summed E-state index contributed by atoms with van der Waals surface area (Å²) in [4.78, 5) is 12.9. The molecule has 0 spiro atoms. The van der Waals surface area contributed by atoms with Crippen LogP contribution in [0.2, 0.25) is 0 Å². The summed E-state index contributed by atoms with van der Waals surface area (Å²) >= 11 is 0. The summed E-state index contributed by atoms with van der Waals surface area (Å²) in [5, 5.41) is 8.76. The molecule has 0 aliphatic heterocycles. The lowest BCUT2D eigenvalue weighted by Gasteiger charge is -2.31. The second-order valence-corrected chi connectivity index (χ2v) is 4.76. The summed E-state index contributed by atoms with van der Waals surface area (Å²) in [6.45, 7) is 2.01. The third-order valence-electron chi connectivity index (χ3n) is 3.57. The average molecular weight is 213 g/mol. The molecule has 1 fully saturated rings. The fraction of sp³-hybridized carbons (Fsp3) is 0.917. The van der Waals surface area contributed by atoms with Gasteiger partial charge in [0.05, 0.1) is 6.42 Å². The van der Waals surface area contributed by atoms with Gasteiger partial charge in [0.25, 0.3) is 0 Å². The van der Waals surface area contributed by atoms with E-state index in [0.717, 1.165) is 0 Å². The van der Waals surface area contributed by atoms with Gasteiger partial charge in [-0.05, 0) is 26.8 Å². The fourth-order valence-electron chi connectivity index (χ4n) is 2.42. The molecular formula is C12H23NO2. The molecular weight excluding hydrogens is 190 g/mol. The predicted molar refractivity (Wildman–Crippen MR) is 61.0 cm³/mol. The molecule has 1 unspecified atom stereocenters. The van der Waals surface area contributed by atoms with Crippen molar-refractivity contribution in [2.24, 2.45) is 0 Å². The van der Waals surface area contributed by atoms with E-state index >= 15 is 0 Å². The lowest BCUT2D eigenvalue weighted by atomic mass is 10.0. The van der Waals surface area contributed by atoms with Gasteiger partial charge in [-0.3, -0.25) is 4.79 Å². The van der Waals surface area contributed by atoms with Crippen LogP contribution in [0.1, 0.15) is 51.9 Å². The first kappa shape index (κ1) is 12.5. The molecule has 0 heterocycles. The molecule has 1 aliphatic rings. The SMILES string of the molecule is CC(CC(=O)O)N(C)C1CCCCCC1. The van der Waals surface area contributed by atoms with Crippen molar-refractivity contribution >= 4 is 5.97 Å².